The Bertz CT molecular complexity index is 385. The van der Waals surface area contributed by atoms with E-state index in [1.807, 2.05) is 11.8 Å². The van der Waals surface area contributed by atoms with Gasteiger partial charge in [-0.05, 0) is 25.7 Å². The zero-order chi connectivity index (χ0) is 12.3. The summed E-state index contributed by atoms with van der Waals surface area (Å²) in [6.45, 7) is 4.26. The monoisotopic (exact) mass is 237 g/mol. The van der Waals surface area contributed by atoms with Crippen LogP contribution in [0.1, 0.15) is 25.5 Å². The quantitative estimate of drug-likeness (QED) is 0.755. The highest BCUT2D eigenvalue weighted by molar-refractivity contribution is 5.75. The second kappa shape index (κ2) is 5.27. The van der Waals surface area contributed by atoms with E-state index < -0.39 is 0 Å². The molecule has 0 unspecified atom stereocenters. The molecule has 17 heavy (non-hydrogen) atoms. The number of rotatable bonds is 6. The third-order valence-corrected chi connectivity index (χ3v) is 3.00. The summed E-state index contributed by atoms with van der Waals surface area (Å²) in [5.74, 6) is 0.821. The maximum absolute atomic E-state index is 12.0. The second-order valence-electron chi connectivity index (χ2n) is 4.49. The highest BCUT2D eigenvalue weighted by Crippen LogP contribution is 2.29. The predicted molar refractivity (Wildman–Crippen MR) is 62.9 cm³/mol. The first kappa shape index (κ1) is 12.0. The average Bonchev–Trinajstić information content (AvgIpc) is 3.04. The number of amides is 1. The Morgan fingerprint density at radius 2 is 2.41 bits per heavy atom. The molecule has 1 heterocycles. The molecule has 2 N–H and O–H groups in total. The molecule has 1 aliphatic carbocycles. The molecule has 94 valence electrons. The van der Waals surface area contributed by atoms with Crippen molar-refractivity contribution in [2.24, 2.45) is 11.7 Å². The van der Waals surface area contributed by atoms with Gasteiger partial charge in [0.2, 0.25) is 5.91 Å². The van der Waals surface area contributed by atoms with Gasteiger partial charge in [-0.3, -0.25) is 4.79 Å². The van der Waals surface area contributed by atoms with Crippen molar-refractivity contribution >= 4 is 5.91 Å². The molecule has 0 saturated heterocycles. The number of nitrogens with two attached hydrogens (primary N) is 1. The fraction of sp³-hybridized carbons (Fsp3) is 0.727. The van der Waals surface area contributed by atoms with E-state index in [-0.39, 0.29) is 12.5 Å². The first-order chi connectivity index (χ1) is 8.22. The lowest BCUT2D eigenvalue weighted by Gasteiger charge is -2.20. The van der Waals surface area contributed by atoms with Gasteiger partial charge in [0.25, 0.3) is 0 Å². The number of carbonyl (C=O) groups excluding carboxylic acids is 1. The third-order valence-electron chi connectivity index (χ3n) is 3.00. The highest BCUT2D eigenvalue weighted by Gasteiger charge is 2.26. The number of hydrogen-bond donors (Lipinski definition) is 1. The van der Waals surface area contributed by atoms with Gasteiger partial charge in [-0.15, -0.1) is 5.10 Å². The van der Waals surface area contributed by atoms with E-state index in [1.54, 1.807) is 10.9 Å². The van der Waals surface area contributed by atoms with Crippen LogP contribution in [0, 0.1) is 5.92 Å². The summed E-state index contributed by atoms with van der Waals surface area (Å²) < 4.78 is 1.56. The van der Waals surface area contributed by atoms with Crippen molar-refractivity contribution in [1.29, 1.82) is 0 Å². The SMILES string of the molecule is CCN(CC1CC1)C(=O)Cn1cc(CN)nn1. The predicted octanol–water partition coefficient (Wildman–Crippen LogP) is -0.00470. The first-order valence-corrected chi connectivity index (χ1v) is 6.09. The van der Waals surface area contributed by atoms with E-state index in [0.717, 1.165) is 13.1 Å². The van der Waals surface area contributed by atoms with Crippen molar-refractivity contribution in [3.8, 4) is 0 Å². The molecule has 0 aliphatic heterocycles. The summed E-state index contributed by atoms with van der Waals surface area (Å²) in [4.78, 5) is 13.9. The number of hydrogen-bond acceptors (Lipinski definition) is 4. The van der Waals surface area contributed by atoms with E-state index in [4.69, 9.17) is 5.73 Å². The van der Waals surface area contributed by atoms with Gasteiger partial charge in [0.15, 0.2) is 0 Å². The number of nitrogens with zero attached hydrogens (tertiary/aromatic N) is 4. The van der Waals surface area contributed by atoms with Crippen LogP contribution < -0.4 is 5.73 Å². The van der Waals surface area contributed by atoms with Crippen molar-refractivity contribution in [2.75, 3.05) is 13.1 Å². The standard InChI is InChI=1S/C11H19N5O/c1-2-15(6-9-3-4-9)11(17)8-16-7-10(5-12)13-14-16/h7,9H,2-6,8,12H2,1H3. The van der Waals surface area contributed by atoms with Gasteiger partial charge in [0, 0.05) is 19.6 Å². The topological polar surface area (TPSA) is 77.0 Å². The van der Waals surface area contributed by atoms with Crippen LogP contribution in [0.4, 0.5) is 0 Å². The highest BCUT2D eigenvalue weighted by atomic mass is 16.2. The van der Waals surface area contributed by atoms with E-state index in [9.17, 15) is 4.79 Å². The lowest BCUT2D eigenvalue weighted by Crippen LogP contribution is -2.35. The molecule has 1 aromatic heterocycles. The van der Waals surface area contributed by atoms with Crippen LogP contribution >= 0.6 is 0 Å². The van der Waals surface area contributed by atoms with Crippen LogP contribution in [0.25, 0.3) is 0 Å². The molecule has 6 heteroatoms. The van der Waals surface area contributed by atoms with Crippen LogP contribution in [-0.4, -0.2) is 38.9 Å². The Hall–Kier alpha value is -1.43. The molecule has 2 rings (SSSR count). The number of aromatic nitrogens is 3. The van der Waals surface area contributed by atoms with Crippen LogP contribution in [-0.2, 0) is 17.9 Å². The average molecular weight is 237 g/mol. The van der Waals surface area contributed by atoms with Crippen molar-refractivity contribution in [2.45, 2.75) is 32.9 Å². The summed E-state index contributed by atoms with van der Waals surface area (Å²) in [6.07, 6.45) is 4.23. The second-order valence-corrected chi connectivity index (χ2v) is 4.49. The molecule has 1 fully saturated rings. The summed E-state index contributed by atoms with van der Waals surface area (Å²) in [5.41, 5.74) is 6.15. The zero-order valence-corrected chi connectivity index (χ0v) is 10.2. The Balaban J connectivity index is 1.89. The van der Waals surface area contributed by atoms with Crippen LogP contribution in [0.2, 0.25) is 0 Å². The van der Waals surface area contributed by atoms with Crippen molar-refractivity contribution in [3.63, 3.8) is 0 Å². The molecule has 0 radical (unpaired) electrons. The molecule has 0 spiro atoms. The van der Waals surface area contributed by atoms with E-state index in [1.165, 1.54) is 12.8 Å². The fourth-order valence-electron chi connectivity index (χ4n) is 1.77. The maximum atomic E-state index is 12.0. The van der Waals surface area contributed by atoms with Gasteiger partial charge in [0.05, 0.1) is 11.9 Å². The minimum Gasteiger partial charge on any atom is -0.341 e. The molecular weight excluding hydrogens is 218 g/mol. The lowest BCUT2D eigenvalue weighted by molar-refractivity contribution is -0.132. The van der Waals surface area contributed by atoms with E-state index in [2.05, 4.69) is 10.3 Å². The van der Waals surface area contributed by atoms with Crippen LogP contribution in [0.15, 0.2) is 6.20 Å². The van der Waals surface area contributed by atoms with E-state index in [0.29, 0.717) is 18.2 Å². The number of carbonyl (C=O) groups is 1. The Morgan fingerprint density at radius 1 is 1.65 bits per heavy atom. The fourth-order valence-corrected chi connectivity index (χ4v) is 1.77. The van der Waals surface area contributed by atoms with Gasteiger partial charge in [-0.2, -0.15) is 0 Å². The molecule has 0 aromatic carbocycles. The Morgan fingerprint density at radius 3 is 2.94 bits per heavy atom. The van der Waals surface area contributed by atoms with E-state index >= 15 is 0 Å². The van der Waals surface area contributed by atoms with Crippen molar-refractivity contribution in [3.05, 3.63) is 11.9 Å². The third kappa shape index (κ3) is 3.26. The minimum atomic E-state index is 0.105. The molecule has 1 aliphatic rings. The Labute approximate surface area is 101 Å². The van der Waals surface area contributed by atoms with Gasteiger partial charge in [-0.1, -0.05) is 5.21 Å². The largest absolute Gasteiger partial charge is 0.341 e. The smallest absolute Gasteiger partial charge is 0.244 e. The van der Waals surface area contributed by atoms with Gasteiger partial charge < -0.3 is 10.6 Å². The van der Waals surface area contributed by atoms with Gasteiger partial charge >= 0.3 is 0 Å². The number of likely N-dealkylation sites (N-methyl/N-ethyl adjacent to an activating group) is 1. The van der Waals surface area contributed by atoms with Crippen LogP contribution in [0.3, 0.4) is 0 Å². The first-order valence-electron chi connectivity index (χ1n) is 6.09. The molecule has 1 saturated carbocycles. The molecular formula is C11H19N5O. The van der Waals surface area contributed by atoms with Crippen molar-refractivity contribution in [1.82, 2.24) is 19.9 Å². The zero-order valence-electron chi connectivity index (χ0n) is 10.2. The Kier molecular flexibility index (Phi) is 3.73. The van der Waals surface area contributed by atoms with Crippen molar-refractivity contribution < 1.29 is 4.79 Å². The van der Waals surface area contributed by atoms with Gasteiger partial charge in [0.1, 0.15) is 6.54 Å². The summed E-state index contributed by atoms with van der Waals surface area (Å²) >= 11 is 0. The summed E-state index contributed by atoms with van der Waals surface area (Å²) in [6, 6.07) is 0. The molecule has 1 aromatic rings. The van der Waals surface area contributed by atoms with Crippen LogP contribution in [0.5, 0.6) is 0 Å². The van der Waals surface area contributed by atoms with Gasteiger partial charge in [-0.25, -0.2) is 4.68 Å². The maximum Gasteiger partial charge on any atom is 0.244 e. The lowest BCUT2D eigenvalue weighted by atomic mass is 10.3. The molecule has 0 atom stereocenters. The summed E-state index contributed by atoms with van der Waals surface area (Å²) in [7, 11) is 0. The molecule has 6 nitrogen and oxygen atoms in total. The molecule has 1 amide bonds. The normalized spacial score (nSPS) is 14.9. The molecule has 0 bridgehead atoms. The summed E-state index contributed by atoms with van der Waals surface area (Å²) in [5, 5.41) is 7.74. The minimum absolute atomic E-state index is 0.105.